The number of ether oxygens (including phenoxy) is 3. The highest BCUT2D eigenvalue weighted by molar-refractivity contribution is 6.23. The topological polar surface area (TPSA) is 108 Å². The first-order chi connectivity index (χ1) is 11.9. The van der Waals surface area contributed by atoms with Crippen molar-refractivity contribution in [1.82, 2.24) is 4.57 Å². The van der Waals surface area contributed by atoms with E-state index in [4.69, 9.17) is 14.2 Å². The molecule has 2 heterocycles. The van der Waals surface area contributed by atoms with Crippen molar-refractivity contribution in [2.24, 2.45) is 7.05 Å². The number of aliphatic hydroxyl groups excluding tert-OH is 1. The molecule has 0 atom stereocenters. The maximum absolute atomic E-state index is 12.5. The third-order valence-corrected chi connectivity index (χ3v) is 3.29. The molecular formula is C16H19N2O7+. The van der Waals surface area contributed by atoms with Crippen LogP contribution in [0.1, 0.15) is 13.8 Å². The molecule has 9 nitrogen and oxygen atoms in total. The van der Waals surface area contributed by atoms with Crippen molar-refractivity contribution >= 4 is 23.6 Å². The molecule has 1 aromatic rings. The predicted molar refractivity (Wildman–Crippen MR) is 82.7 cm³/mol. The number of cyclic esters (lactones) is 1. The van der Waals surface area contributed by atoms with Crippen molar-refractivity contribution in [3.05, 3.63) is 35.6 Å². The summed E-state index contributed by atoms with van der Waals surface area (Å²) >= 11 is 0. The molecular weight excluding hydrogens is 332 g/mol. The number of hydrogen-bond donors (Lipinski definition) is 1. The van der Waals surface area contributed by atoms with E-state index in [2.05, 4.69) is 0 Å². The van der Waals surface area contributed by atoms with Gasteiger partial charge in [-0.3, -0.25) is 0 Å². The van der Waals surface area contributed by atoms with Gasteiger partial charge in [0.05, 0.1) is 20.3 Å². The fourth-order valence-electron chi connectivity index (χ4n) is 2.28. The molecule has 134 valence electrons. The van der Waals surface area contributed by atoms with Crippen molar-refractivity contribution in [3.8, 4) is 0 Å². The lowest BCUT2D eigenvalue weighted by Gasteiger charge is -2.11. The van der Waals surface area contributed by atoms with Crippen LogP contribution in [0.2, 0.25) is 0 Å². The number of aryl methyl sites for hydroxylation is 1. The van der Waals surface area contributed by atoms with Crippen molar-refractivity contribution < 1.29 is 38.3 Å². The number of esters is 3. The Labute approximate surface area is 143 Å². The van der Waals surface area contributed by atoms with Crippen LogP contribution < -0.4 is 4.57 Å². The van der Waals surface area contributed by atoms with Gasteiger partial charge in [-0.1, -0.05) is 0 Å². The molecule has 0 bridgehead atoms. The van der Waals surface area contributed by atoms with Crippen LogP contribution in [-0.2, 0) is 35.6 Å². The Bertz CT molecular complexity index is 773. The zero-order valence-electron chi connectivity index (χ0n) is 14.1. The standard InChI is InChI=1S/C16H18N2O7/c1-4-23-15(21)12(11-10(19)8-25-14(11)20)13(16(22)24-5-2)18-7-6-17(3)9-18/h6-7,9H,4-5,8H2,1-3H3/p+1. The third kappa shape index (κ3) is 3.70. The Morgan fingerprint density at radius 1 is 1.28 bits per heavy atom. The smallest absolute Gasteiger partial charge is 0.379 e. The lowest BCUT2D eigenvalue weighted by molar-refractivity contribution is -0.670. The predicted octanol–water partition coefficient (Wildman–Crippen LogP) is 0.0188. The van der Waals surface area contributed by atoms with Crippen molar-refractivity contribution in [2.75, 3.05) is 19.8 Å². The van der Waals surface area contributed by atoms with E-state index in [1.165, 1.54) is 17.1 Å². The summed E-state index contributed by atoms with van der Waals surface area (Å²) in [6, 6.07) is 0. The number of carbonyl (C=O) groups excluding carboxylic acids is 3. The minimum atomic E-state index is -0.942. The quantitative estimate of drug-likeness (QED) is 0.333. The van der Waals surface area contributed by atoms with Gasteiger partial charge >= 0.3 is 17.9 Å². The number of nitrogens with zero attached hydrogens (tertiary/aromatic N) is 2. The van der Waals surface area contributed by atoms with E-state index in [9.17, 15) is 19.5 Å². The third-order valence-electron chi connectivity index (χ3n) is 3.29. The molecule has 9 heteroatoms. The molecule has 0 aromatic carbocycles. The fourth-order valence-corrected chi connectivity index (χ4v) is 2.28. The van der Waals surface area contributed by atoms with Gasteiger partial charge in [-0.15, -0.1) is 0 Å². The molecule has 1 aliphatic rings. The Balaban J connectivity index is 2.77. The Kier molecular flexibility index (Phi) is 5.58. The number of hydrogen-bond acceptors (Lipinski definition) is 7. The summed E-state index contributed by atoms with van der Waals surface area (Å²) in [6.45, 7) is 2.88. The molecule has 25 heavy (non-hydrogen) atoms. The van der Waals surface area contributed by atoms with E-state index in [1.54, 1.807) is 31.7 Å². The summed E-state index contributed by atoms with van der Waals surface area (Å²) in [7, 11) is 1.71. The summed E-state index contributed by atoms with van der Waals surface area (Å²) in [5.74, 6) is -3.16. The summed E-state index contributed by atoms with van der Waals surface area (Å²) in [5.41, 5.74) is -1.06. The Morgan fingerprint density at radius 2 is 1.92 bits per heavy atom. The maximum Gasteiger partial charge on any atom is 0.379 e. The molecule has 0 saturated heterocycles. The molecule has 0 spiro atoms. The SMILES string of the molecule is CCOC(=O)/C(C1=C(O)COC1=O)=C(\C(=O)OCC)n1cc[n+](C)c1. The molecule has 0 radical (unpaired) electrons. The highest BCUT2D eigenvalue weighted by atomic mass is 16.6. The number of aliphatic hydroxyl groups is 1. The zero-order valence-corrected chi connectivity index (χ0v) is 14.1. The van der Waals surface area contributed by atoms with Crippen LogP contribution in [0.15, 0.2) is 35.6 Å². The summed E-state index contributed by atoms with van der Waals surface area (Å²) in [4.78, 5) is 37.0. The molecule has 0 aliphatic carbocycles. The highest BCUT2D eigenvalue weighted by Gasteiger charge is 2.39. The molecule has 0 fully saturated rings. The van der Waals surface area contributed by atoms with Crippen LogP contribution in [0.3, 0.4) is 0 Å². The van der Waals surface area contributed by atoms with E-state index in [-0.39, 0.29) is 25.5 Å². The van der Waals surface area contributed by atoms with Crippen LogP contribution in [-0.4, -0.2) is 47.4 Å². The van der Waals surface area contributed by atoms with E-state index in [1.807, 2.05) is 0 Å². The zero-order chi connectivity index (χ0) is 18.6. The molecule has 0 amide bonds. The average Bonchev–Trinajstić information content (AvgIpc) is 3.11. The summed E-state index contributed by atoms with van der Waals surface area (Å²) in [6.07, 6.45) is 4.63. The van der Waals surface area contributed by atoms with Crippen LogP contribution in [0.25, 0.3) is 5.70 Å². The van der Waals surface area contributed by atoms with Gasteiger partial charge in [-0.25, -0.2) is 19.0 Å². The summed E-state index contributed by atoms with van der Waals surface area (Å²) < 4.78 is 17.7. The Hall–Kier alpha value is -3.10. The highest BCUT2D eigenvalue weighted by Crippen LogP contribution is 2.28. The van der Waals surface area contributed by atoms with Crippen molar-refractivity contribution in [2.45, 2.75) is 13.8 Å². The van der Waals surface area contributed by atoms with Crippen LogP contribution in [0.5, 0.6) is 0 Å². The largest absolute Gasteiger partial charge is 0.508 e. The first-order valence-corrected chi connectivity index (χ1v) is 7.62. The minimum absolute atomic E-state index is 0.0149. The van der Waals surface area contributed by atoms with Gasteiger partial charge in [0.15, 0.2) is 0 Å². The van der Waals surface area contributed by atoms with Crippen molar-refractivity contribution in [3.63, 3.8) is 0 Å². The Morgan fingerprint density at radius 3 is 2.40 bits per heavy atom. The lowest BCUT2D eigenvalue weighted by Crippen LogP contribution is -2.26. The van der Waals surface area contributed by atoms with Gasteiger partial charge in [0.25, 0.3) is 0 Å². The average molecular weight is 351 g/mol. The minimum Gasteiger partial charge on any atom is -0.508 e. The molecule has 1 aliphatic heterocycles. The second-order valence-electron chi connectivity index (χ2n) is 5.05. The van der Waals surface area contributed by atoms with E-state index >= 15 is 0 Å². The van der Waals surface area contributed by atoms with Crippen molar-refractivity contribution in [1.29, 1.82) is 0 Å². The molecule has 1 aromatic heterocycles. The van der Waals surface area contributed by atoms with Gasteiger partial charge in [0.1, 0.15) is 35.9 Å². The second-order valence-corrected chi connectivity index (χ2v) is 5.05. The lowest BCUT2D eigenvalue weighted by atomic mass is 10.0. The first-order valence-electron chi connectivity index (χ1n) is 7.62. The molecule has 0 unspecified atom stereocenters. The number of imidazole rings is 1. The molecule has 1 N–H and O–H groups in total. The molecule has 2 rings (SSSR count). The molecule has 0 saturated carbocycles. The van der Waals surface area contributed by atoms with Crippen LogP contribution in [0.4, 0.5) is 0 Å². The number of rotatable bonds is 6. The van der Waals surface area contributed by atoms with Gasteiger partial charge in [-0.2, -0.15) is 4.57 Å². The van der Waals surface area contributed by atoms with Gasteiger partial charge < -0.3 is 19.3 Å². The first kappa shape index (κ1) is 18.2. The fraction of sp³-hybridized carbons (Fsp3) is 0.375. The van der Waals surface area contributed by atoms with E-state index < -0.39 is 34.8 Å². The number of aromatic nitrogens is 2. The van der Waals surface area contributed by atoms with Gasteiger partial charge in [0, 0.05) is 0 Å². The maximum atomic E-state index is 12.5. The van der Waals surface area contributed by atoms with Gasteiger partial charge in [-0.05, 0) is 13.8 Å². The normalized spacial score (nSPS) is 14.9. The second kappa shape index (κ2) is 7.65. The van der Waals surface area contributed by atoms with Crippen LogP contribution in [0, 0.1) is 0 Å². The number of carbonyl (C=O) groups is 3. The van der Waals surface area contributed by atoms with Gasteiger partial charge in [0.2, 0.25) is 12.0 Å². The van der Waals surface area contributed by atoms with E-state index in [0.717, 1.165) is 0 Å². The summed E-state index contributed by atoms with van der Waals surface area (Å²) in [5, 5.41) is 9.98. The van der Waals surface area contributed by atoms with E-state index in [0.29, 0.717) is 0 Å². The van der Waals surface area contributed by atoms with Crippen LogP contribution >= 0.6 is 0 Å². The monoisotopic (exact) mass is 351 g/mol.